The molecule has 3 heteroatoms. The molecule has 1 heterocycles. The Morgan fingerprint density at radius 2 is 1.67 bits per heavy atom. The molecule has 0 spiro atoms. The highest BCUT2D eigenvalue weighted by Gasteiger charge is 2.23. The molecule has 2 aliphatic rings. The van der Waals surface area contributed by atoms with Gasteiger partial charge >= 0.3 is 0 Å². The number of hydrogen-bond donors (Lipinski definition) is 2. The van der Waals surface area contributed by atoms with Gasteiger partial charge < -0.3 is 10.6 Å². The molecule has 3 nitrogen and oxygen atoms in total. The second-order valence-electron chi connectivity index (χ2n) is 6.06. The highest BCUT2D eigenvalue weighted by molar-refractivity contribution is 5.78. The minimum atomic E-state index is 0.262. The van der Waals surface area contributed by atoms with E-state index >= 15 is 0 Å². The fourth-order valence-electron chi connectivity index (χ4n) is 3.32. The fourth-order valence-corrected chi connectivity index (χ4v) is 3.32. The predicted octanol–water partition coefficient (Wildman–Crippen LogP) is 2.32. The summed E-state index contributed by atoms with van der Waals surface area (Å²) in [6.45, 7) is 5.21. The number of nitrogens with one attached hydrogen (secondary N) is 2. The zero-order chi connectivity index (χ0) is 12.8. The maximum atomic E-state index is 12.0. The van der Waals surface area contributed by atoms with Crippen molar-refractivity contribution in [3.05, 3.63) is 0 Å². The Balaban J connectivity index is 1.63. The molecular weight excluding hydrogens is 224 g/mol. The van der Waals surface area contributed by atoms with Crippen molar-refractivity contribution < 1.29 is 4.79 Å². The molecule has 2 fully saturated rings. The SMILES string of the molecule is CCC1CCC(CNC(=O)C2CCNCC2)CC1. The second-order valence-corrected chi connectivity index (χ2v) is 6.06. The van der Waals surface area contributed by atoms with Gasteiger partial charge in [-0.1, -0.05) is 26.2 Å². The smallest absolute Gasteiger partial charge is 0.223 e. The van der Waals surface area contributed by atoms with Crippen molar-refractivity contribution in [1.29, 1.82) is 0 Å². The zero-order valence-corrected chi connectivity index (χ0v) is 11.7. The topological polar surface area (TPSA) is 41.1 Å². The van der Waals surface area contributed by atoms with Gasteiger partial charge in [0.15, 0.2) is 0 Å². The largest absolute Gasteiger partial charge is 0.356 e. The van der Waals surface area contributed by atoms with E-state index in [1.807, 2.05) is 0 Å². The van der Waals surface area contributed by atoms with Crippen LogP contribution in [0.25, 0.3) is 0 Å². The Morgan fingerprint density at radius 1 is 1.06 bits per heavy atom. The summed E-state index contributed by atoms with van der Waals surface area (Å²) in [7, 11) is 0. The number of rotatable bonds is 4. The molecule has 1 amide bonds. The summed E-state index contributed by atoms with van der Waals surface area (Å²) < 4.78 is 0. The van der Waals surface area contributed by atoms with Crippen molar-refractivity contribution in [2.45, 2.75) is 51.9 Å². The minimum Gasteiger partial charge on any atom is -0.356 e. The molecule has 0 bridgehead atoms. The van der Waals surface area contributed by atoms with Gasteiger partial charge in [0.05, 0.1) is 0 Å². The Morgan fingerprint density at radius 3 is 2.28 bits per heavy atom. The molecule has 1 saturated carbocycles. The first-order valence-electron chi connectivity index (χ1n) is 7.78. The normalized spacial score (nSPS) is 30.1. The minimum absolute atomic E-state index is 0.262. The molecule has 0 atom stereocenters. The second kappa shape index (κ2) is 7.13. The quantitative estimate of drug-likeness (QED) is 0.806. The van der Waals surface area contributed by atoms with Gasteiger partial charge in [-0.05, 0) is 50.6 Å². The van der Waals surface area contributed by atoms with E-state index in [0.29, 0.717) is 5.91 Å². The number of carbonyl (C=O) groups is 1. The molecule has 2 N–H and O–H groups in total. The fraction of sp³-hybridized carbons (Fsp3) is 0.933. The van der Waals surface area contributed by atoms with E-state index in [0.717, 1.165) is 44.3 Å². The molecular formula is C15H28N2O. The van der Waals surface area contributed by atoms with Gasteiger partial charge in [-0.3, -0.25) is 4.79 Å². The first-order chi connectivity index (χ1) is 8.79. The zero-order valence-electron chi connectivity index (χ0n) is 11.7. The molecule has 0 aromatic carbocycles. The number of carbonyl (C=O) groups excluding carboxylic acids is 1. The van der Waals surface area contributed by atoms with E-state index in [9.17, 15) is 4.79 Å². The van der Waals surface area contributed by atoms with Crippen LogP contribution in [0.3, 0.4) is 0 Å². The van der Waals surface area contributed by atoms with Crippen LogP contribution in [0.1, 0.15) is 51.9 Å². The number of hydrogen-bond acceptors (Lipinski definition) is 2. The van der Waals surface area contributed by atoms with Crippen LogP contribution in [0.4, 0.5) is 0 Å². The standard InChI is InChI=1S/C15H28N2O/c1-2-12-3-5-13(6-4-12)11-17-15(18)14-7-9-16-10-8-14/h12-14,16H,2-11H2,1H3,(H,17,18). The van der Waals surface area contributed by atoms with E-state index in [4.69, 9.17) is 0 Å². The predicted molar refractivity (Wildman–Crippen MR) is 74.3 cm³/mol. The third-order valence-corrected chi connectivity index (χ3v) is 4.82. The maximum absolute atomic E-state index is 12.0. The van der Waals surface area contributed by atoms with Gasteiger partial charge in [-0.2, -0.15) is 0 Å². The molecule has 1 aliphatic carbocycles. The van der Waals surface area contributed by atoms with E-state index in [2.05, 4.69) is 17.6 Å². The Bertz CT molecular complexity index is 253. The summed E-state index contributed by atoms with van der Waals surface area (Å²) in [5.74, 6) is 2.24. The van der Waals surface area contributed by atoms with E-state index in [1.165, 1.54) is 32.1 Å². The summed E-state index contributed by atoms with van der Waals surface area (Å²) in [4.78, 5) is 12.0. The van der Waals surface area contributed by atoms with Gasteiger partial charge in [-0.25, -0.2) is 0 Å². The van der Waals surface area contributed by atoms with Crippen LogP contribution in [0.15, 0.2) is 0 Å². The van der Waals surface area contributed by atoms with Gasteiger partial charge in [0.25, 0.3) is 0 Å². The van der Waals surface area contributed by atoms with Gasteiger partial charge in [-0.15, -0.1) is 0 Å². The third kappa shape index (κ3) is 3.98. The van der Waals surface area contributed by atoms with Crippen LogP contribution in [0.5, 0.6) is 0 Å². The Kier molecular flexibility index (Phi) is 5.48. The molecule has 18 heavy (non-hydrogen) atoms. The molecule has 2 rings (SSSR count). The lowest BCUT2D eigenvalue weighted by atomic mass is 9.81. The Hall–Kier alpha value is -0.570. The lowest BCUT2D eigenvalue weighted by Crippen LogP contribution is -2.40. The van der Waals surface area contributed by atoms with E-state index in [1.54, 1.807) is 0 Å². The average Bonchev–Trinajstić information content (AvgIpc) is 2.46. The van der Waals surface area contributed by atoms with Gasteiger partial charge in [0.1, 0.15) is 0 Å². The maximum Gasteiger partial charge on any atom is 0.223 e. The molecule has 1 saturated heterocycles. The van der Waals surface area contributed by atoms with Crippen molar-refractivity contribution >= 4 is 5.91 Å². The molecule has 104 valence electrons. The third-order valence-electron chi connectivity index (χ3n) is 4.82. The lowest BCUT2D eigenvalue weighted by molar-refractivity contribution is -0.126. The van der Waals surface area contributed by atoms with E-state index in [-0.39, 0.29) is 5.92 Å². The van der Waals surface area contributed by atoms with Crippen LogP contribution in [0.2, 0.25) is 0 Å². The van der Waals surface area contributed by atoms with Crippen molar-refractivity contribution in [2.75, 3.05) is 19.6 Å². The highest BCUT2D eigenvalue weighted by Crippen LogP contribution is 2.30. The first-order valence-corrected chi connectivity index (χ1v) is 7.78. The Labute approximate surface area is 111 Å². The van der Waals surface area contributed by atoms with Crippen molar-refractivity contribution in [3.8, 4) is 0 Å². The summed E-state index contributed by atoms with van der Waals surface area (Å²) in [6, 6.07) is 0. The number of piperidine rings is 1. The highest BCUT2D eigenvalue weighted by atomic mass is 16.1. The molecule has 0 radical (unpaired) electrons. The molecule has 0 aromatic heterocycles. The summed E-state index contributed by atoms with van der Waals surface area (Å²) >= 11 is 0. The summed E-state index contributed by atoms with van der Waals surface area (Å²) in [6.07, 6.45) is 8.70. The van der Waals surface area contributed by atoms with E-state index < -0.39 is 0 Å². The van der Waals surface area contributed by atoms with Gasteiger partial charge in [0, 0.05) is 12.5 Å². The molecule has 0 aromatic rings. The van der Waals surface area contributed by atoms with Crippen molar-refractivity contribution in [2.24, 2.45) is 17.8 Å². The first kappa shape index (κ1) is 13.9. The summed E-state index contributed by atoms with van der Waals surface area (Å²) in [5, 5.41) is 6.49. The number of amides is 1. The molecule has 0 unspecified atom stereocenters. The van der Waals surface area contributed by atoms with Gasteiger partial charge in [0.2, 0.25) is 5.91 Å². The summed E-state index contributed by atoms with van der Waals surface area (Å²) in [5.41, 5.74) is 0. The van der Waals surface area contributed by atoms with Crippen LogP contribution in [0, 0.1) is 17.8 Å². The van der Waals surface area contributed by atoms with Crippen LogP contribution >= 0.6 is 0 Å². The van der Waals surface area contributed by atoms with Crippen LogP contribution in [-0.2, 0) is 4.79 Å². The average molecular weight is 252 g/mol. The molecule has 1 aliphatic heterocycles. The van der Waals surface area contributed by atoms with Crippen molar-refractivity contribution in [1.82, 2.24) is 10.6 Å². The van der Waals surface area contributed by atoms with Crippen LogP contribution in [-0.4, -0.2) is 25.5 Å². The van der Waals surface area contributed by atoms with Crippen molar-refractivity contribution in [3.63, 3.8) is 0 Å². The lowest BCUT2D eigenvalue weighted by Gasteiger charge is -2.29. The van der Waals surface area contributed by atoms with Crippen LogP contribution < -0.4 is 10.6 Å². The monoisotopic (exact) mass is 252 g/mol.